The Kier molecular flexibility index (Phi) is 3.69. The van der Waals surface area contributed by atoms with Crippen molar-refractivity contribution in [3.05, 3.63) is 29.2 Å². The van der Waals surface area contributed by atoms with Crippen LogP contribution >= 0.6 is 0 Å². The van der Waals surface area contributed by atoms with Crippen LogP contribution in [0.1, 0.15) is 32.3 Å². The van der Waals surface area contributed by atoms with Gasteiger partial charge in [-0.05, 0) is 29.7 Å². The highest BCUT2D eigenvalue weighted by atomic mass is 16.3. The summed E-state index contributed by atoms with van der Waals surface area (Å²) in [5.74, 6) is 1.95. The molecule has 1 heterocycles. The van der Waals surface area contributed by atoms with E-state index in [1.54, 1.807) is 6.08 Å². The zero-order chi connectivity index (χ0) is 10.6. The molecular formula is C12H16O2. The first-order valence-electron chi connectivity index (χ1n) is 4.92. The van der Waals surface area contributed by atoms with Crippen LogP contribution in [0.15, 0.2) is 22.1 Å². The number of aldehydes is 1. The highest BCUT2D eigenvalue weighted by molar-refractivity contribution is 5.81. The van der Waals surface area contributed by atoms with Gasteiger partial charge in [0.1, 0.15) is 17.8 Å². The van der Waals surface area contributed by atoms with E-state index in [1.807, 2.05) is 32.9 Å². The molecule has 1 aromatic heterocycles. The van der Waals surface area contributed by atoms with Crippen molar-refractivity contribution in [2.45, 2.75) is 27.2 Å². The molecule has 0 unspecified atom stereocenters. The van der Waals surface area contributed by atoms with Crippen LogP contribution in [0, 0.1) is 5.92 Å². The Morgan fingerprint density at radius 1 is 1.50 bits per heavy atom. The number of hydrogen-bond donors (Lipinski definition) is 0. The number of allylic oxidation sites excluding steroid dienone is 1. The minimum Gasteiger partial charge on any atom is -0.462 e. The van der Waals surface area contributed by atoms with Crippen LogP contribution in [0.25, 0.3) is 6.08 Å². The number of aryl methyl sites for hydroxylation is 1. The van der Waals surface area contributed by atoms with Crippen molar-refractivity contribution in [2.75, 3.05) is 0 Å². The highest BCUT2D eigenvalue weighted by Gasteiger charge is 2.03. The number of carbonyl (C=O) groups excluding carboxylic acids is 1. The lowest BCUT2D eigenvalue weighted by atomic mass is 10.0. The summed E-state index contributed by atoms with van der Waals surface area (Å²) in [4.78, 5) is 10.7. The lowest BCUT2D eigenvalue weighted by Gasteiger charge is -2.01. The van der Waals surface area contributed by atoms with Crippen LogP contribution in [-0.4, -0.2) is 6.29 Å². The zero-order valence-corrected chi connectivity index (χ0v) is 8.91. The second kappa shape index (κ2) is 4.80. The first kappa shape index (κ1) is 10.8. The van der Waals surface area contributed by atoms with Gasteiger partial charge < -0.3 is 4.42 Å². The Morgan fingerprint density at radius 3 is 2.64 bits per heavy atom. The largest absolute Gasteiger partial charge is 0.462 e. The second-order valence-corrected chi connectivity index (χ2v) is 3.57. The van der Waals surface area contributed by atoms with E-state index in [-0.39, 0.29) is 5.92 Å². The molecule has 0 N–H and O–H groups in total. The molecule has 14 heavy (non-hydrogen) atoms. The summed E-state index contributed by atoms with van der Waals surface area (Å²) < 4.78 is 5.48. The number of hydrogen-bond acceptors (Lipinski definition) is 2. The summed E-state index contributed by atoms with van der Waals surface area (Å²) in [6.07, 6.45) is 3.57. The molecule has 0 aliphatic rings. The van der Waals surface area contributed by atoms with E-state index < -0.39 is 0 Å². The van der Waals surface area contributed by atoms with Crippen molar-refractivity contribution in [1.82, 2.24) is 0 Å². The first-order chi connectivity index (χ1) is 6.67. The lowest BCUT2D eigenvalue weighted by molar-refractivity contribution is -0.105. The Bertz CT molecular complexity index is 332. The molecule has 0 saturated heterocycles. The normalized spacial score (nSPS) is 12.1. The van der Waals surface area contributed by atoms with Crippen molar-refractivity contribution >= 4 is 12.4 Å². The molecule has 0 saturated carbocycles. The van der Waals surface area contributed by atoms with Gasteiger partial charge in [0.05, 0.1) is 0 Å². The van der Waals surface area contributed by atoms with Crippen LogP contribution in [0.3, 0.4) is 0 Å². The third kappa shape index (κ3) is 2.59. The maximum absolute atomic E-state index is 10.7. The van der Waals surface area contributed by atoms with E-state index in [9.17, 15) is 4.79 Å². The third-order valence-electron chi connectivity index (χ3n) is 2.14. The van der Waals surface area contributed by atoms with Crippen molar-refractivity contribution in [1.29, 1.82) is 0 Å². The molecule has 0 amide bonds. The topological polar surface area (TPSA) is 30.2 Å². The van der Waals surface area contributed by atoms with Gasteiger partial charge in [0.15, 0.2) is 0 Å². The van der Waals surface area contributed by atoms with Crippen LogP contribution < -0.4 is 0 Å². The van der Waals surface area contributed by atoms with Gasteiger partial charge in [-0.3, -0.25) is 4.79 Å². The number of furan rings is 1. The number of carbonyl (C=O) groups is 1. The quantitative estimate of drug-likeness (QED) is 0.542. The molecule has 0 aromatic carbocycles. The Hall–Kier alpha value is -1.31. The Morgan fingerprint density at radius 2 is 2.21 bits per heavy atom. The smallest absolute Gasteiger partial charge is 0.146 e. The van der Waals surface area contributed by atoms with Crippen LogP contribution in [-0.2, 0) is 11.2 Å². The number of rotatable bonds is 4. The average molecular weight is 192 g/mol. The predicted octanol–water partition coefficient (Wildman–Crippen LogP) is 3.08. The molecular weight excluding hydrogens is 176 g/mol. The van der Waals surface area contributed by atoms with Gasteiger partial charge in [0.2, 0.25) is 0 Å². The fourth-order valence-electron chi connectivity index (χ4n) is 1.16. The summed E-state index contributed by atoms with van der Waals surface area (Å²) in [6, 6.07) is 3.83. The average Bonchev–Trinajstić information content (AvgIpc) is 2.61. The van der Waals surface area contributed by atoms with E-state index in [4.69, 9.17) is 4.42 Å². The highest BCUT2D eigenvalue weighted by Crippen LogP contribution is 2.15. The SMILES string of the molecule is CCc1ccc(C=C(C=O)C(C)C)o1. The first-order valence-corrected chi connectivity index (χ1v) is 4.92. The molecule has 0 radical (unpaired) electrons. The molecule has 2 nitrogen and oxygen atoms in total. The molecule has 0 atom stereocenters. The molecule has 2 heteroatoms. The molecule has 0 aliphatic carbocycles. The maximum atomic E-state index is 10.7. The van der Waals surface area contributed by atoms with Crippen molar-refractivity contribution in [3.8, 4) is 0 Å². The van der Waals surface area contributed by atoms with E-state index in [0.717, 1.165) is 29.8 Å². The lowest BCUT2D eigenvalue weighted by Crippen LogP contribution is -1.94. The Labute approximate surface area is 84.6 Å². The fourth-order valence-corrected chi connectivity index (χ4v) is 1.16. The predicted molar refractivity (Wildman–Crippen MR) is 57.0 cm³/mol. The van der Waals surface area contributed by atoms with E-state index in [1.165, 1.54) is 0 Å². The van der Waals surface area contributed by atoms with Crippen molar-refractivity contribution < 1.29 is 9.21 Å². The summed E-state index contributed by atoms with van der Waals surface area (Å²) >= 11 is 0. The zero-order valence-electron chi connectivity index (χ0n) is 8.91. The third-order valence-corrected chi connectivity index (χ3v) is 2.14. The van der Waals surface area contributed by atoms with E-state index in [0.29, 0.717) is 0 Å². The molecule has 76 valence electrons. The second-order valence-electron chi connectivity index (χ2n) is 3.57. The van der Waals surface area contributed by atoms with Gasteiger partial charge in [-0.2, -0.15) is 0 Å². The van der Waals surface area contributed by atoms with E-state index >= 15 is 0 Å². The van der Waals surface area contributed by atoms with Gasteiger partial charge in [0.25, 0.3) is 0 Å². The summed E-state index contributed by atoms with van der Waals surface area (Å²) in [5.41, 5.74) is 0.766. The summed E-state index contributed by atoms with van der Waals surface area (Å²) in [7, 11) is 0. The maximum Gasteiger partial charge on any atom is 0.146 e. The van der Waals surface area contributed by atoms with Gasteiger partial charge in [-0.25, -0.2) is 0 Å². The van der Waals surface area contributed by atoms with Gasteiger partial charge in [-0.1, -0.05) is 20.8 Å². The fraction of sp³-hybridized carbons (Fsp3) is 0.417. The minimum atomic E-state index is 0.239. The van der Waals surface area contributed by atoms with Crippen LogP contribution in [0.5, 0.6) is 0 Å². The standard InChI is InChI=1S/C12H16O2/c1-4-11-5-6-12(14-11)7-10(8-13)9(2)3/h5-9H,4H2,1-3H3. The van der Waals surface area contributed by atoms with E-state index in [2.05, 4.69) is 0 Å². The van der Waals surface area contributed by atoms with Crippen LogP contribution in [0.4, 0.5) is 0 Å². The van der Waals surface area contributed by atoms with Crippen LogP contribution in [0.2, 0.25) is 0 Å². The summed E-state index contributed by atoms with van der Waals surface area (Å²) in [6.45, 7) is 6.02. The summed E-state index contributed by atoms with van der Waals surface area (Å²) in [5, 5.41) is 0. The monoisotopic (exact) mass is 192 g/mol. The minimum absolute atomic E-state index is 0.239. The molecule has 0 fully saturated rings. The Balaban J connectivity index is 2.88. The molecule has 1 aromatic rings. The molecule has 0 spiro atoms. The molecule has 1 rings (SSSR count). The molecule has 0 bridgehead atoms. The van der Waals surface area contributed by atoms with Gasteiger partial charge >= 0.3 is 0 Å². The molecule has 0 aliphatic heterocycles. The van der Waals surface area contributed by atoms with Gasteiger partial charge in [-0.15, -0.1) is 0 Å². The van der Waals surface area contributed by atoms with Crippen molar-refractivity contribution in [2.24, 2.45) is 5.92 Å². The van der Waals surface area contributed by atoms with Crippen molar-refractivity contribution in [3.63, 3.8) is 0 Å². The van der Waals surface area contributed by atoms with Gasteiger partial charge in [0, 0.05) is 6.42 Å².